The van der Waals surface area contributed by atoms with Crippen molar-refractivity contribution in [1.82, 2.24) is 0 Å². The topological polar surface area (TPSA) is 26.3 Å². The molecule has 0 heterocycles. The van der Waals surface area contributed by atoms with Crippen molar-refractivity contribution in [2.45, 2.75) is 62.2 Å². The number of carbonyl (C=O) groups is 1. The highest BCUT2D eigenvalue weighted by atomic mass is 127. The molecule has 0 rings (SSSR count). The molecule has 0 bridgehead atoms. The molecule has 2 nitrogen and oxygen atoms in total. The quantitative estimate of drug-likeness (QED) is 0.278. The van der Waals surface area contributed by atoms with Gasteiger partial charge in [-0.25, -0.2) is 4.79 Å². The lowest BCUT2D eigenvalue weighted by molar-refractivity contribution is -0.173. The Labute approximate surface area is 116 Å². The molecule has 0 fully saturated rings. The lowest BCUT2D eigenvalue weighted by Gasteiger charge is -2.26. The largest absolute Gasteiger partial charge is 0.462 e. The second-order valence-electron chi connectivity index (χ2n) is 4.47. The third-order valence-electron chi connectivity index (χ3n) is 2.47. The molecule has 0 aliphatic heterocycles. The Morgan fingerprint density at radius 2 is 1.88 bits per heavy atom. The van der Waals surface area contributed by atoms with Gasteiger partial charge in [0, 0.05) is 9.84 Å². The molecule has 0 aromatic carbocycles. The van der Waals surface area contributed by atoms with Crippen molar-refractivity contribution in [2.24, 2.45) is 0 Å². The van der Waals surface area contributed by atoms with E-state index in [4.69, 9.17) is 0 Å². The van der Waals surface area contributed by atoms with Crippen LogP contribution in [0.2, 0.25) is 0 Å². The Balaban J connectivity index is 4.31. The monoisotopic (exact) mass is 362 g/mol. The molecule has 0 aliphatic rings. The van der Waals surface area contributed by atoms with Crippen molar-refractivity contribution >= 4 is 28.6 Å². The van der Waals surface area contributed by atoms with Crippen molar-refractivity contribution in [3.8, 4) is 0 Å². The van der Waals surface area contributed by atoms with Gasteiger partial charge in [-0.15, -0.1) is 0 Å². The molecule has 0 amide bonds. The summed E-state index contributed by atoms with van der Waals surface area (Å²) < 4.78 is 30.9. The van der Waals surface area contributed by atoms with Gasteiger partial charge in [0.15, 0.2) is 0 Å². The van der Waals surface area contributed by atoms with Crippen LogP contribution in [0.15, 0.2) is 0 Å². The molecule has 0 radical (unpaired) electrons. The van der Waals surface area contributed by atoms with E-state index in [1.807, 2.05) is 22.6 Å². The van der Waals surface area contributed by atoms with Gasteiger partial charge in [-0.05, 0) is 13.3 Å². The number of rotatable bonds is 8. The molecule has 0 aromatic heterocycles. The molecule has 17 heavy (non-hydrogen) atoms. The van der Waals surface area contributed by atoms with Crippen LogP contribution in [0, 0.1) is 0 Å². The van der Waals surface area contributed by atoms with Crippen molar-refractivity contribution in [3.63, 3.8) is 0 Å². The van der Waals surface area contributed by atoms with E-state index in [-0.39, 0.29) is 6.61 Å². The third kappa shape index (κ3) is 7.16. The number of unbranched alkanes of at least 4 members (excludes halogenated alkanes) is 2. The molecule has 0 saturated heterocycles. The summed E-state index contributed by atoms with van der Waals surface area (Å²) >= 11 is 2.01. The normalized spacial score (nSPS) is 15.4. The lowest BCUT2D eigenvalue weighted by Crippen LogP contribution is -2.37. The first-order chi connectivity index (χ1) is 7.75. The smallest absolute Gasteiger partial charge is 0.377 e. The van der Waals surface area contributed by atoms with Crippen LogP contribution in [0.1, 0.15) is 52.9 Å². The molecular weight excluding hydrogens is 341 g/mol. The third-order valence-corrected chi connectivity index (χ3v) is 3.39. The van der Waals surface area contributed by atoms with Gasteiger partial charge in [-0.3, -0.25) is 0 Å². The molecule has 1 atom stereocenters. The summed E-state index contributed by atoms with van der Waals surface area (Å²) in [6.07, 6.45) is 3.24. The second-order valence-corrected chi connectivity index (χ2v) is 7.08. The Bertz CT molecular complexity index is 243. The first-order valence-corrected chi connectivity index (χ1v) is 7.07. The number of hydrogen-bond acceptors (Lipinski definition) is 2. The molecule has 102 valence electrons. The second kappa shape index (κ2) is 7.48. The number of hydrogen-bond donors (Lipinski definition) is 0. The van der Waals surface area contributed by atoms with Crippen molar-refractivity contribution in [1.29, 1.82) is 0 Å². The molecule has 0 aliphatic carbocycles. The summed E-state index contributed by atoms with van der Waals surface area (Å²) in [5, 5.41) is 0. The molecule has 0 aromatic rings. The average molecular weight is 362 g/mol. The van der Waals surface area contributed by atoms with Gasteiger partial charge >= 0.3 is 11.9 Å². The fourth-order valence-corrected chi connectivity index (χ4v) is 2.46. The highest BCUT2D eigenvalue weighted by Gasteiger charge is 2.45. The minimum Gasteiger partial charge on any atom is -0.462 e. The zero-order valence-corrected chi connectivity index (χ0v) is 12.9. The van der Waals surface area contributed by atoms with Gasteiger partial charge in [-0.2, -0.15) is 8.78 Å². The Morgan fingerprint density at radius 1 is 1.29 bits per heavy atom. The van der Waals surface area contributed by atoms with Crippen LogP contribution < -0.4 is 0 Å². The van der Waals surface area contributed by atoms with E-state index >= 15 is 0 Å². The number of esters is 1. The van der Waals surface area contributed by atoms with Crippen molar-refractivity contribution in [3.05, 3.63) is 0 Å². The first kappa shape index (κ1) is 17.1. The van der Waals surface area contributed by atoms with E-state index in [0.717, 1.165) is 19.3 Å². The first-order valence-electron chi connectivity index (χ1n) is 5.99. The maximum atomic E-state index is 13.5. The maximum Gasteiger partial charge on any atom is 0.377 e. The highest BCUT2D eigenvalue weighted by Crippen LogP contribution is 2.37. The van der Waals surface area contributed by atoms with Crippen LogP contribution in [0.5, 0.6) is 0 Å². The summed E-state index contributed by atoms with van der Waals surface area (Å²) in [5.41, 5.74) is 0. The highest BCUT2D eigenvalue weighted by molar-refractivity contribution is 14.1. The van der Waals surface area contributed by atoms with Gasteiger partial charge < -0.3 is 4.74 Å². The number of ether oxygens (including phenoxy) is 1. The fourth-order valence-electron chi connectivity index (χ4n) is 1.60. The van der Waals surface area contributed by atoms with E-state index in [1.54, 1.807) is 6.92 Å². The zero-order valence-electron chi connectivity index (χ0n) is 10.7. The van der Waals surface area contributed by atoms with Gasteiger partial charge in [0.2, 0.25) is 0 Å². The summed E-state index contributed by atoms with van der Waals surface area (Å²) in [4.78, 5) is 11.1. The Morgan fingerprint density at radius 3 is 2.35 bits per heavy atom. The van der Waals surface area contributed by atoms with E-state index in [2.05, 4.69) is 11.7 Å². The maximum absolute atomic E-state index is 13.5. The van der Waals surface area contributed by atoms with Gasteiger partial charge in [0.25, 0.3) is 0 Å². The summed E-state index contributed by atoms with van der Waals surface area (Å²) in [6.45, 7) is 5.34. The Hall–Kier alpha value is 0.0600. The van der Waals surface area contributed by atoms with E-state index < -0.39 is 21.7 Å². The summed E-state index contributed by atoms with van der Waals surface area (Å²) in [6, 6.07) is 0. The predicted molar refractivity (Wildman–Crippen MR) is 72.8 cm³/mol. The molecule has 1 unspecified atom stereocenters. The lowest BCUT2D eigenvalue weighted by atomic mass is 9.96. The fraction of sp³-hybridized carbons (Fsp3) is 0.917. The van der Waals surface area contributed by atoms with E-state index in [0.29, 0.717) is 6.42 Å². The summed E-state index contributed by atoms with van der Waals surface area (Å²) in [7, 11) is 0. The van der Waals surface area contributed by atoms with Crippen molar-refractivity contribution in [2.75, 3.05) is 6.61 Å². The average Bonchev–Trinajstić information content (AvgIpc) is 2.16. The molecule has 0 saturated carbocycles. The van der Waals surface area contributed by atoms with E-state index in [9.17, 15) is 13.6 Å². The van der Waals surface area contributed by atoms with Crippen LogP contribution in [-0.4, -0.2) is 21.9 Å². The van der Waals surface area contributed by atoms with Crippen LogP contribution in [0.3, 0.4) is 0 Å². The van der Waals surface area contributed by atoms with Crippen LogP contribution in [0.25, 0.3) is 0 Å². The zero-order chi connectivity index (χ0) is 13.5. The number of carbonyl (C=O) groups excluding carboxylic acids is 1. The predicted octanol–water partition coefficient (Wildman–Crippen LogP) is 4.35. The van der Waals surface area contributed by atoms with Gasteiger partial charge in [-0.1, -0.05) is 55.7 Å². The Kier molecular flexibility index (Phi) is 7.51. The molecule has 5 heteroatoms. The molecular formula is C12H21F2IO2. The minimum absolute atomic E-state index is 0.0117. The van der Waals surface area contributed by atoms with Crippen LogP contribution >= 0.6 is 22.6 Å². The van der Waals surface area contributed by atoms with Crippen LogP contribution in [0.4, 0.5) is 8.78 Å². The molecule has 0 spiro atoms. The minimum atomic E-state index is -3.38. The number of halogens is 3. The van der Waals surface area contributed by atoms with E-state index in [1.165, 1.54) is 6.92 Å². The van der Waals surface area contributed by atoms with Gasteiger partial charge in [0.1, 0.15) is 0 Å². The molecule has 0 N–H and O–H groups in total. The summed E-state index contributed by atoms with van der Waals surface area (Å²) in [5.74, 6) is -4.78. The van der Waals surface area contributed by atoms with Gasteiger partial charge in [0.05, 0.1) is 6.61 Å². The number of alkyl halides is 3. The standard InChI is InChI=1S/C12H21F2IO2/c1-4-6-7-8-11(3,15)9-12(13,14)10(16)17-5-2/h4-9H2,1-3H3. The van der Waals surface area contributed by atoms with Crippen LogP contribution in [-0.2, 0) is 9.53 Å². The van der Waals surface area contributed by atoms with Crippen molar-refractivity contribution < 1.29 is 18.3 Å². The SMILES string of the molecule is CCCCCC(C)(I)CC(F)(F)C(=O)OCC.